The normalized spacial score (nSPS) is 18.8. The van der Waals surface area contributed by atoms with Crippen molar-refractivity contribution in [2.75, 3.05) is 26.2 Å². The van der Waals surface area contributed by atoms with Crippen molar-refractivity contribution in [1.82, 2.24) is 25.3 Å². The minimum atomic E-state index is -0.978. The summed E-state index contributed by atoms with van der Waals surface area (Å²) in [4.78, 5) is 57.9. The van der Waals surface area contributed by atoms with Gasteiger partial charge in [0, 0.05) is 24.2 Å². The molecular formula is C38H48FN5O6. The molecule has 0 spiro atoms. The topological polar surface area (TPSA) is 134 Å². The fraction of sp³-hybridized carbons (Fsp3) is 0.500. The molecular weight excluding hydrogens is 641 g/mol. The number of ether oxygens (including phenoxy) is 2. The third-order valence-electron chi connectivity index (χ3n) is 10.2. The summed E-state index contributed by atoms with van der Waals surface area (Å²) in [6.45, 7) is 10.2. The molecule has 0 bridgehead atoms. The third-order valence-corrected chi connectivity index (χ3v) is 10.2. The van der Waals surface area contributed by atoms with Gasteiger partial charge in [0.25, 0.3) is 5.91 Å². The van der Waals surface area contributed by atoms with Crippen molar-refractivity contribution < 1.29 is 28.2 Å². The molecule has 2 aliphatic rings. The number of carbonyl (C=O) groups excluding carboxylic acids is 3. The second-order valence-electron chi connectivity index (χ2n) is 13.3. The van der Waals surface area contributed by atoms with E-state index in [0.29, 0.717) is 49.2 Å². The summed E-state index contributed by atoms with van der Waals surface area (Å²) < 4.78 is 26.1. The number of aromatic nitrogens is 2. The second-order valence-corrected chi connectivity index (χ2v) is 13.3. The van der Waals surface area contributed by atoms with Crippen LogP contribution in [0.25, 0.3) is 0 Å². The van der Waals surface area contributed by atoms with Gasteiger partial charge in [-0.15, -0.1) is 0 Å². The summed E-state index contributed by atoms with van der Waals surface area (Å²) in [5.41, 5.74) is 0.0354. The zero-order chi connectivity index (χ0) is 35.8. The standard InChI is InChI=1S/C38H48FN5O6/c1-5-38(6-2,37(48)49-22-21-43-19-8-7-9-20-43)33-18-17-31(28-11-10-12-29(39)24-28)44(33)36(47)26(4)40-34(45)27-13-15-30(16-14-27)50-32-23-25(3)41-42-35(32)46/h10-16,23-24,26,31,33H,5-9,17-22H2,1-4H3,(H,40,45)(H,42,46)/t26-,31+,33-/m1/s1. The highest BCUT2D eigenvalue weighted by atomic mass is 19.1. The van der Waals surface area contributed by atoms with Gasteiger partial charge in [0.05, 0.1) is 17.2 Å². The van der Waals surface area contributed by atoms with E-state index in [1.54, 1.807) is 43.0 Å². The van der Waals surface area contributed by atoms with E-state index in [0.717, 1.165) is 25.9 Å². The highest BCUT2D eigenvalue weighted by Crippen LogP contribution is 2.47. The van der Waals surface area contributed by atoms with Crippen LogP contribution in [-0.2, 0) is 14.3 Å². The predicted octanol–water partition coefficient (Wildman–Crippen LogP) is 5.70. The molecule has 12 heteroatoms. The molecule has 2 N–H and O–H groups in total. The number of nitrogens with one attached hydrogen (secondary N) is 2. The molecule has 2 aromatic carbocycles. The molecule has 2 amide bonds. The number of H-pyrrole nitrogens is 1. The Hall–Kier alpha value is -4.58. The average Bonchev–Trinajstić information content (AvgIpc) is 3.56. The minimum Gasteiger partial charge on any atom is -0.464 e. The fourth-order valence-electron chi connectivity index (χ4n) is 7.37. The number of amides is 2. The number of nitrogens with zero attached hydrogens (tertiary/aromatic N) is 3. The lowest BCUT2D eigenvalue weighted by molar-refractivity contribution is -0.164. The van der Waals surface area contributed by atoms with Crippen molar-refractivity contribution in [1.29, 1.82) is 0 Å². The van der Waals surface area contributed by atoms with Gasteiger partial charge in [-0.3, -0.25) is 24.1 Å². The Morgan fingerprint density at radius 1 is 1.04 bits per heavy atom. The highest BCUT2D eigenvalue weighted by molar-refractivity contribution is 5.97. The fourth-order valence-corrected chi connectivity index (χ4v) is 7.37. The maximum absolute atomic E-state index is 14.5. The SMILES string of the molecule is CCC(CC)(C(=O)OCCN1CCCCC1)[C@H]1CC[C@@H](c2cccc(F)c2)N1C(=O)[C@@H](C)NC(=O)c1ccc(Oc2cc(C)n[nH]c2=O)cc1. The summed E-state index contributed by atoms with van der Waals surface area (Å²) in [7, 11) is 0. The van der Waals surface area contributed by atoms with E-state index in [2.05, 4.69) is 20.4 Å². The molecule has 0 aliphatic carbocycles. The molecule has 3 atom stereocenters. The smallest absolute Gasteiger partial charge is 0.314 e. The molecule has 0 radical (unpaired) electrons. The Morgan fingerprint density at radius 2 is 1.76 bits per heavy atom. The number of hydrogen-bond acceptors (Lipinski definition) is 8. The van der Waals surface area contributed by atoms with Crippen molar-refractivity contribution in [3.63, 3.8) is 0 Å². The Bertz CT molecular complexity index is 1700. The van der Waals surface area contributed by atoms with Gasteiger partial charge in [-0.05, 0) is 107 Å². The Balaban J connectivity index is 1.34. The molecule has 3 heterocycles. The van der Waals surface area contributed by atoms with Gasteiger partial charge in [0.15, 0.2) is 5.75 Å². The number of carbonyl (C=O) groups is 3. The largest absolute Gasteiger partial charge is 0.464 e. The highest BCUT2D eigenvalue weighted by Gasteiger charge is 2.53. The molecule has 50 heavy (non-hydrogen) atoms. The number of esters is 1. The van der Waals surface area contributed by atoms with E-state index < -0.39 is 40.8 Å². The number of piperidine rings is 1. The van der Waals surface area contributed by atoms with Crippen molar-refractivity contribution in [2.24, 2.45) is 5.41 Å². The lowest BCUT2D eigenvalue weighted by Crippen LogP contribution is -2.56. The number of aromatic amines is 1. The van der Waals surface area contributed by atoms with Crippen molar-refractivity contribution in [3.05, 3.63) is 87.6 Å². The van der Waals surface area contributed by atoms with Gasteiger partial charge in [-0.1, -0.05) is 32.4 Å². The van der Waals surface area contributed by atoms with Gasteiger partial charge >= 0.3 is 11.5 Å². The monoisotopic (exact) mass is 689 g/mol. The number of halogens is 1. The summed E-state index contributed by atoms with van der Waals surface area (Å²) in [5, 5.41) is 9.02. The van der Waals surface area contributed by atoms with Gasteiger partial charge < -0.3 is 19.7 Å². The molecule has 1 aromatic heterocycles. The maximum Gasteiger partial charge on any atom is 0.314 e. The lowest BCUT2D eigenvalue weighted by atomic mass is 9.74. The molecule has 268 valence electrons. The molecule has 2 aliphatic heterocycles. The third kappa shape index (κ3) is 8.23. The quantitative estimate of drug-likeness (QED) is 0.219. The first-order chi connectivity index (χ1) is 24.1. The molecule has 0 saturated carbocycles. The Labute approximate surface area is 292 Å². The first-order valence-electron chi connectivity index (χ1n) is 17.7. The van der Waals surface area contributed by atoms with E-state index in [4.69, 9.17) is 9.47 Å². The zero-order valence-electron chi connectivity index (χ0n) is 29.4. The second kappa shape index (κ2) is 16.4. The zero-order valence-corrected chi connectivity index (χ0v) is 29.4. The van der Waals surface area contributed by atoms with Gasteiger partial charge in [-0.2, -0.15) is 5.10 Å². The van der Waals surface area contributed by atoms with E-state index in [1.807, 2.05) is 13.8 Å². The van der Waals surface area contributed by atoms with Crippen molar-refractivity contribution >= 4 is 17.8 Å². The van der Waals surface area contributed by atoms with Gasteiger partial charge in [-0.25, -0.2) is 9.49 Å². The molecule has 2 fully saturated rings. The number of aryl methyl sites for hydroxylation is 1. The number of benzene rings is 2. The molecule has 11 nitrogen and oxygen atoms in total. The van der Waals surface area contributed by atoms with E-state index >= 15 is 0 Å². The number of hydrogen-bond donors (Lipinski definition) is 2. The Morgan fingerprint density at radius 3 is 2.44 bits per heavy atom. The van der Waals surface area contributed by atoms with Gasteiger partial charge in [0.1, 0.15) is 24.2 Å². The summed E-state index contributed by atoms with van der Waals surface area (Å²) in [5.74, 6) is -1.17. The first kappa shape index (κ1) is 36.7. The number of rotatable bonds is 13. The molecule has 2 saturated heterocycles. The summed E-state index contributed by atoms with van der Waals surface area (Å²) in [6.07, 6.45) is 5.48. The number of likely N-dealkylation sites (tertiary alicyclic amines) is 2. The summed E-state index contributed by atoms with van der Waals surface area (Å²) >= 11 is 0. The van der Waals surface area contributed by atoms with Crippen LogP contribution < -0.4 is 15.6 Å². The van der Waals surface area contributed by atoms with Crippen molar-refractivity contribution in [3.8, 4) is 11.5 Å². The predicted molar refractivity (Wildman–Crippen MR) is 186 cm³/mol. The summed E-state index contributed by atoms with van der Waals surface area (Å²) in [6, 6.07) is 11.9. The van der Waals surface area contributed by atoms with E-state index in [1.165, 1.54) is 36.8 Å². The van der Waals surface area contributed by atoms with Crippen molar-refractivity contribution in [2.45, 2.75) is 90.8 Å². The van der Waals surface area contributed by atoms with E-state index in [9.17, 15) is 23.6 Å². The van der Waals surface area contributed by atoms with Crippen LogP contribution in [0.3, 0.4) is 0 Å². The van der Waals surface area contributed by atoms with Crippen LogP contribution in [0.4, 0.5) is 4.39 Å². The molecule has 0 unspecified atom stereocenters. The van der Waals surface area contributed by atoms with E-state index in [-0.39, 0.29) is 29.8 Å². The van der Waals surface area contributed by atoms with Crippen LogP contribution in [0.5, 0.6) is 11.5 Å². The van der Waals surface area contributed by atoms with Crippen LogP contribution in [0, 0.1) is 18.2 Å². The molecule has 5 rings (SSSR count). The van der Waals surface area contributed by atoms with Crippen LogP contribution >= 0.6 is 0 Å². The average molecular weight is 690 g/mol. The first-order valence-corrected chi connectivity index (χ1v) is 17.7. The van der Waals surface area contributed by atoms with Gasteiger partial charge in [0.2, 0.25) is 5.91 Å². The van der Waals surface area contributed by atoms with Crippen LogP contribution in [0.15, 0.2) is 59.4 Å². The maximum atomic E-state index is 14.5. The minimum absolute atomic E-state index is 0.0723. The Kier molecular flexibility index (Phi) is 12.0. The van der Waals surface area contributed by atoms with Crippen LogP contribution in [-0.4, -0.2) is 76.1 Å². The molecule has 3 aromatic rings. The lowest BCUT2D eigenvalue weighted by Gasteiger charge is -2.43. The van der Waals surface area contributed by atoms with Crippen LogP contribution in [0.2, 0.25) is 0 Å². The van der Waals surface area contributed by atoms with Crippen LogP contribution in [0.1, 0.15) is 93.4 Å².